The first-order valence-corrected chi connectivity index (χ1v) is 9.96. The molecule has 3 rings (SSSR count). The van der Waals surface area contributed by atoms with Crippen LogP contribution in [0.4, 0.5) is 5.69 Å². The van der Waals surface area contributed by atoms with Crippen LogP contribution in [-0.4, -0.2) is 37.5 Å². The van der Waals surface area contributed by atoms with Gasteiger partial charge in [0.25, 0.3) is 5.91 Å². The monoisotopic (exact) mass is 409 g/mol. The van der Waals surface area contributed by atoms with Crippen LogP contribution in [-0.2, 0) is 17.8 Å². The molecular formula is C22H27N5O3. The summed E-state index contributed by atoms with van der Waals surface area (Å²) in [5, 5.41) is 11.5. The zero-order valence-electron chi connectivity index (χ0n) is 18.0. The van der Waals surface area contributed by atoms with Crippen LogP contribution < -0.4 is 5.32 Å². The van der Waals surface area contributed by atoms with Gasteiger partial charge in [-0.25, -0.2) is 4.79 Å². The molecule has 0 aliphatic carbocycles. The number of hydrogen-bond acceptors (Lipinski definition) is 5. The SMILES string of the molecule is CCn1cc(NC(=O)c2cccc(Cn3nc(C)cc3C)c2)c(C(=O)OC(C)C)n1. The van der Waals surface area contributed by atoms with Gasteiger partial charge in [0.05, 0.1) is 24.0 Å². The van der Waals surface area contributed by atoms with Crippen molar-refractivity contribution in [3.63, 3.8) is 0 Å². The van der Waals surface area contributed by atoms with Crippen LogP contribution in [0.2, 0.25) is 0 Å². The van der Waals surface area contributed by atoms with Crippen LogP contribution in [0.25, 0.3) is 0 Å². The molecule has 0 saturated heterocycles. The highest BCUT2D eigenvalue weighted by Gasteiger charge is 2.21. The summed E-state index contributed by atoms with van der Waals surface area (Å²) in [6.07, 6.45) is 1.35. The van der Waals surface area contributed by atoms with E-state index < -0.39 is 5.97 Å². The van der Waals surface area contributed by atoms with Gasteiger partial charge in [-0.05, 0) is 58.4 Å². The lowest BCUT2D eigenvalue weighted by Crippen LogP contribution is -2.17. The van der Waals surface area contributed by atoms with E-state index in [2.05, 4.69) is 15.5 Å². The first-order valence-electron chi connectivity index (χ1n) is 9.96. The molecule has 1 amide bonds. The van der Waals surface area contributed by atoms with E-state index in [1.54, 1.807) is 30.8 Å². The Hall–Kier alpha value is -3.42. The first-order chi connectivity index (χ1) is 14.3. The third kappa shape index (κ3) is 4.94. The highest BCUT2D eigenvalue weighted by molar-refractivity contribution is 6.07. The van der Waals surface area contributed by atoms with Crippen LogP contribution >= 0.6 is 0 Å². The number of ether oxygens (including phenoxy) is 1. The number of esters is 1. The van der Waals surface area contributed by atoms with E-state index in [0.29, 0.717) is 24.3 Å². The Balaban J connectivity index is 1.80. The van der Waals surface area contributed by atoms with Crippen LogP contribution in [0.15, 0.2) is 36.5 Å². The minimum atomic E-state index is -0.564. The maximum Gasteiger partial charge on any atom is 0.361 e. The van der Waals surface area contributed by atoms with E-state index in [-0.39, 0.29) is 17.7 Å². The van der Waals surface area contributed by atoms with E-state index in [1.165, 1.54) is 0 Å². The van der Waals surface area contributed by atoms with Crippen molar-refractivity contribution < 1.29 is 14.3 Å². The highest BCUT2D eigenvalue weighted by Crippen LogP contribution is 2.18. The van der Waals surface area contributed by atoms with Crippen LogP contribution in [0, 0.1) is 13.8 Å². The van der Waals surface area contributed by atoms with Gasteiger partial charge in [-0.15, -0.1) is 0 Å². The number of carbonyl (C=O) groups is 2. The molecular weight excluding hydrogens is 382 g/mol. The second-order valence-corrected chi connectivity index (χ2v) is 7.44. The fraction of sp³-hybridized carbons (Fsp3) is 0.364. The average Bonchev–Trinajstić information content (AvgIpc) is 3.23. The number of aromatic nitrogens is 4. The van der Waals surface area contributed by atoms with Gasteiger partial charge in [0.15, 0.2) is 5.69 Å². The molecule has 3 aromatic rings. The Kier molecular flexibility index (Phi) is 6.34. The van der Waals surface area contributed by atoms with Crippen LogP contribution in [0.5, 0.6) is 0 Å². The molecule has 0 aliphatic heterocycles. The molecule has 0 aliphatic rings. The number of hydrogen-bond donors (Lipinski definition) is 1. The van der Waals surface area contributed by atoms with E-state index in [4.69, 9.17) is 4.74 Å². The number of nitrogens with one attached hydrogen (secondary N) is 1. The van der Waals surface area contributed by atoms with Crippen molar-refractivity contribution in [2.45, 2.75) is 53.8 Å². The molecule has 0 spiro atoms. The maximum atomic E-state index is 12.9. The Morgan fingerprint density at radius 3 is 2.57 bits per heavy atom. The molecule has 0 saturated carbocycles. The van der Waals surface area contributed by atoms with E-state index >= 15 is 0 Å². The summed E-state index contributed by atoms with van der Waals surface area (Å²) in [4.78, 5) is 25.2. The van der Waals surface area contributed by atoms with Crippen molar-refractivity contribution in [3.8, 4) is 0 Å². The number of amides is 1. The van der Waals surface area contributed by atoms with Crippen molar-refractivity contribution in [1.82, 2.24) is 19.6 Å². The predicted octanol–water partition coefficient (Wildman–Crippen LogP) is 3.58. The molecule has 2 heterocycles. The molecule has 30 heavy (non-hydrogen) atoms. The molecule has 8 nitrogen and oxygen atoms in total. The Morgan fingerprint density at radius 1 is 1.17 bits per heavy atom. The predicted molar refractivity (Wildman–Crippen MR) is 114 cm³/mol. The summed E-state index contributed by atoms with van der Waals surface area (Å²) in [5.74, 6) is -0.884. The lowest BCUT2D eigenvalue weighted by atomic mass is 10.1. The number of anilines is 1. The number of rotatable bonds is 7. The van der Waals surface area contributed by atoms with Gasteiger partial charge in [-0.2, -0.15) is 10.2 Å². The summed E-state index contributed by atoms with van der Waals surface area (Å²) >= 11 is 0. The third-order valence-electron chi connectivity index (χ3n) is 4.49. The van der Waals surface area contributed by atoms with Gasteiger partial charge in [-0.3, -0.25) is 14.2 Å². The van der Waals surface area contributed by atoms with Crippen LogP contribution in [0.1, 0.15) is 58.6 Å². The molecule has 8 heteroatoms. The van der Waals surface area contributed by atoms with Crippen LogP contribution in [0.3, 0.4) is 0 Å². The molecule has 0 bridgehead atoms. The number of aryl methyl sites for hydroxylation is 3. The highest BCUT2D eigenvalue weighted by atomic mass is 16.5. The summed E-state index contributed by atoms with van der Waals surface area (Å²) in [6.45, 7) is 10.5. The van der Waals surface area contributed by atoms with Gasteiger partial charge in [0, 0.05) is 24.0 Å². The smallest absolute Gasteiger partial charge is 0.361 e. The topological polar surface area (TPSA) is 91.0 Å². The summed E-state index contributed by atoms with van der Waals surface area (Å²) in [5.41, 5.74) is 3.88. The van der Waals surface area contributed by atoms with Crippen molar-refractivity contribution in [2.24, 2.45) is 0 Å². The normalized spacial score (nSPS) is 11.0. The number of carbonyl (C=O) groups excluding carboxylic acids is 2. The molecule has 1 aromatic carbocycles. The Labute approximate surface area is 175 Å². The molecule has 0 unspecified atom stereocenters. The maximum absolute atomic E-state index is 12.9. The van der Waals surface area contributed by atoms with E-state index in [9.17, 15) is 9.59 Å². The lowest BCUT2D eigenvalue weighted by Gasteiger charge is -2.09. The lowest BCUT2D eigenvalue weighted by molar-refractivity contribution is 0.0371. The van der Waals surface area contributed by atoms with Gasteiger partial charge in [0.2, 0.25) is 0 Å². The Bertz CT molecular complexity index is 1060. The summed E-state index contributed by atoms with van der Waals surface area (Å²) in [7, 11) is 0. The standard InChI is InChI=1S/C22H27N5O3/c1-6-26-13-19(20(25-26)22(29)30-14(2)3)23-21(28)18-9-7-8-17(11-18)12-27-16(5)10-15(4)24-27/h7-11,13-14H,6,12H2,1-5H3,(H,23,28). The fourth-order valence-electron chi connectivity index (χ4n) is 3.11. The zero-order valence-corrected chi connectivity index (χ0v) is 18.0. The van der Waals surface area contributed by atoms with Crippen molar-refractivity contribution >= 4 is 17.6 Å². The molecule has 0 atom stereocenters. The van der Waals surface area contributed by atoms with Crippen molar-refractivity contribution in [2.75, 3.05) is 5.32 Å². The number of benzene rings is 1. The summed E-state index contributed by atoms with van der Waals surface area (Å²) in [6, 6.07) is 9.35. The quantitative estimate of drug-likeness (QED) is 0.602. The molecule has 0 radical (unpaired) electrons. The molecule has 1 N–H and O–H groups in total. The second-order valence-electron chi connectivity index (χ2n) is 7.44. The minimum Gasteiger partial charge on any atom is -0.458 e. The fourth-order valence-corrected chi connectivity index (χ4v) is 3.11. The van der Waals surface area contributed by atoms with Crippen molar-refractivity contribution in [3.05, 3.63) is 64.7 Å². The average molecular weight is 409 g/mol. The summed E-state index contributed by atoms with van der Waals surface area (Å²) < 4.78 is 8.73. The zero-order chi connectivity index (χ0) is 21.8. The van der Waals surface area contributed by atoms with Crippen molar-refractivity contribution in [1.29, 1.82) is 0 Å². The van der Waals surface area contributed by atoms with Gasteiger partial charge in [0.1, 0.15) is 0 Å². The number of nitrogens with zero attached hydrogens (tertiary/aromatic N) is 4. The Morgan fingerprint density at radius 2 is 1.93 bits per heavy atom. The first kappa shape index (κ1) is 21.3. The largest absolute Gasteiger partial charge is 0.458 e. The molecule has 158 valence electrons. The molecule has 2 aromatic heterocycles. The van der Waals surface area contributed by atoms with Gasteiger partial charge in [-0.1, -0.05) is 12.1 Å². The van der Waals surface area contributed by atoms with E-state index in [0.717, 1.165) is 17.0 Å². The third-order valence-corrected chi connectivity index (χ3v) is 4.49. The second kappa shape index (κ2) is 8.94. The van der Waals surface area contributed by atoms with Gasteiger partial charge < -0.3 is 10.1 Å². The molecule has 0 fully saturated rings. The minimum absolute atomic E-state index is 0.0951. The van der Waals surface area contributed by atoms with Gasteiger partial charge >= 0.3 is 5.97 Å². The van der Waals surface area contributed by atoms with E-state index in [1.807, 2.05) is 49.7 Å².